The van der Waals surface area contributed by atoms with E-state index in [-0.39, 0.29) is 5.41 Å². The zero-order valence-electron chi connectivity index (χ0n) is 18.4. The summed E-state index contributed by atoms with van der Waals surface area (Å²) in [5.41, 5.74) is 3.64. The van der Waals surface area contributed by atoms with Gasteiger partial charge in [-0.3, -0.25) is 0 Å². The predicted molar refractivity (Wildman–Crippen MR) is 114 cm³/mol. The monoisotopic (exact) mass is 360 g/mol. The smallest absolute Gasteiger partial charge is 0.123 e. The second-order valence-corrected chi connectivity index (χ2v) is 7.64. The number of benzene rings is 1. The molecule has 3 heteroatoms. The molecule has 0 aliphatic carbocycles. The van der Waals surface area contributed by atoms with Gasteiger partial charge in [0.15, 0.2) is 0 Å². The number of hydrogen-bond acceptors (Lipinski definition) is 3. The standard InChI is InChI=1S/C18H28N2O.C5H12/c1-7-15(20-19-6)9-8-12-21-17-11-10-14(2)13-16(17)18(3,4)5;1-3-5-4-2/h7,10-11,13H,8-9,12H2,1-6H3;3-5H2,1-2H3/b15-7-,20-19?;. The zero-order valence-corrected chi connectivity index (χ0v) is 18.4. The Morgan fingerprint density at radius 2 is 1.77 bits per heavy atom. The summed E-state index contributed by atoms with van der Waals surface area (Å²) in [5, 5.41) is 7.90. The summed E-state index contributed by atoms with van der Waals surface area (Å²) in [6.07, 6.45) is 7.91. The first-order valence-corrected chi connectivity index (χ1v) is 9.99. The third-order valence-electron chi connectivity index (χ3n) is 4.05. The first kappa shape index (κ1) is 24.4. The van der Waals surface area contributed by atoms with E-state index in [1.54, 1.807) is 7.05 Å². The molecule has 0 aliphatic heterocycles. The van der Waals surface area contributed by atoms with Gasteiger partial charge in [-0.15, -0.1) is 0 Å². The van der Waals surface area contributed by atoms with Crippen LogP contribution in [0.1, 0.15) is 84.8 Å². The molecule has 26 heavy (non-hydrogen) atoms. The van der Waals surface area contributed by atoms with E-state index in [4.69, 9.17) is 4.74 Å². The average Bonchev–Trinajstić information content (AvgIpc) is 2.59. The Balaban J connectivity index is 0.00000110. The first-order chi connectivity index (χ1) is 12.3. The summed E-state index contributed by atoms with van der Waals surface area (Å²) in [6.45, 7) is 15.9. The molecule has 0 bridgehead atoms. The topological polar surface area (TPSA) is 34.0 Å². The van der Waals surface area contributed by atoms with E-state index in [9.17, 15) is 0 Å². The molecule has 0 heterocycles. The minimum absolute atomic E-state index is 0.0895. The third kappa shape index (κ3) is 10.4. The van der Waals surface area contributed by atoms with Crippen LogP contribution in [0.5, 0.6) is 5.75 Å². The van der Waals surface area contributed by atoms with Gasteiger partial charge in [-0.25, -0.2) is 0 Å². The molecule has 0 aliphatic rings. The summed E-state index contributed by atoms with van der Waals surface area (Å²) < 4.78 is 5.99. The van der Waals surface area contributed by atoms with Gasteiger partial charge in [-0.2, -0.15) is 10.2 Å². The van der Waals surface area contributed by atoms with Crippen LogP contribution in [0.2, 0.25) is 0 Å². The van der Waals surface area contributed by atoms with Crippen molar-refractivity contribution in [3.63, 3.8) is 0 Å². The second kappa shape index (κ2) is 13.5. The summed E-state index contributed by atoms with van der Waals surface area (Å²) in [5.74, 6) is 0.993. The molecule has 0 radical (unpaired) electrons. The molecule has 0 aromatic heterocycles. The fourth-order valence-electron chi connectivity index (χ4n) is 2.53. The zero-order chi connectivity index (χ0) is 20.0. The van der Waals surface area contributed by atoms with Crippen LogP contribution in [0.3, 0.4) is 0 Å². The van der Waals surface area contributed by atoms with E-state index in [0.29, 0.717) is 6.61 Å². The maximum absolute atomic E-state index is 5.99. The van der Waals surface area contributed by atoms with Crippen LogP contribution in [0.4, 0.5) is 0 Å². The minimum atomic E-state index is 0.0895. The van der Waals surface area contributed by atoms with Crippen LogP contribution >= 0.6 is 0 Å². The molecule has 0 N–H and O–H groups in total. The van der Waals surface area contributed by atoms with Crippen LogP contribution in [-0.2, 0) is 5.41 Å². The van der Waals surface area contributed by atoms with Gasteiger partial charge < -0.3 is 4.74 Å². The van der Waals surface area contributed by atoms with Crippen molar-refractivity contribution in [3.8, 4) is 5.75 Å². The van der Waals surface area contributed by atoms with E-state index in [0.717, 1.165) is 24.3 Å². The van der Waals surface area contributed by atoms with Crippen LogP contribution in [0.25, 0.3) is 0 Å². The quantitative estimate of drug-likeness (QED) is 0.346. The lowest BCUT2D eigenvalue weighted by Gasteiger charge is -2.23. The third-order valence-corrected chi connectivity index (χ3v) is 4.05. The number of azo groups is 1. The Morgan fingerprint density at radius 1 is 1.12 bits per heavy atom. The van der Waals surface area contributed by atoms with Crippen LogP contribution in [-0.4, -0.2) is 13.7 Å². The summed E-state index contributed by atoms with van der Waals surface area (Å²) >= 11 is 0. The Hall–Kier alpha value is -1.64. The van der Waals surface area contributed by atoms with Gasteiger partial charge in [-0.1, -0.05) is 77.7 Å². The van der Waals surface area contributed by atoms with E-state index in [2.05, 4.69) is 70.0 Å². The van der Waals surface area contributed by atoms with Crippen LogP contribution < -0.4 is 4.74 Å². The van der Waals surface area contributed by atoms with Crippen LogP contribution in [0.15, 0.2) is 40.2 Å². The number of rotatable bonds is 8. The number of ether oxygens (including phenoxy) is 1. The van der Waals surface area contributed by atoms with Crippen molar-refractivity contribution in [1.29, 1.82) is 0 Å². The molecule has 0 amide bonds. The largest absolute Gasteiger partial charge is 0.493 e. The summed E-state index contributed by atoms with van der Waals surface area (Å²) in [4.78, 5) is 0. The van der Waals surface area contributed by atoms with Crippen molar-refractivity contribution in [2.45, 2.75) is 86.0 Å². The molecule has 0 saturated heterocycles. The molecule has 0 unspecified atom stereocenters. The molecule has 0 spiro atoms. The van der Waals surface area contributed by atoms with E-state index in [1.807, 2.05) is 13.0 Å². The normalized spacial score (nSPS) is 12.1. The average molecular weight is 361 g/mol. The van der Waals surface area contributed by atoms with Crippen molar-refractivity contribution in [2.75, 3.05) is 13.7 Å². The molecule has 0 saturated carbocycles. The molecule has 1 aromatic rings. The molecule has 3 nitrogen and oxygen atoms in total. The summed E-state index contributed by atoms with van der Waals surface area (Å²) in [6, 6.07) is 6.41. The lowest BCUT2D eigenvalue weighted by Crippen LogP contribution is -2.14. The number of hydrogen-bond donors (Lipinski definition) is 0. The highest BCUT2D eigenvalue weighted by molar-refractivity contribution is 5.41. The fraction of sp³-hybridized carbons (Fsp3) is 0.652. The van der Waals surface area contributed by atoms with Gasteiger partial charge in [0.1, 0.15) is 5.75 Å². The Bertz CT molecular complexity index is 552. The van der Waals surface area contributed by atoms with Crippen molar-refractivity contribution in [1.82, 2.24) is 0 Å². The lowest BCUT2D eigenvalue weighted by atomic mass is 9.85. The van der Waals surface area contributed by atoms with Crippen molar-refractivity contribution in [3.05, 3.63) is 41.1 Å². The molecule has 1 rings (SSSR count). The number of nitrogens with zero attached hydrogens (tertiary/aromatic N) is 2. The van der Waals surface area contributed by atoms with Crippen LogP contribution in [0, 0.1) is 6.92 Å². The maximum atomic E-state index is 5.99. The fourth-order valence-corrected chi connectivity index (χ4v) is 2.53. The van der Waals surface area contributed by atoms with Crippen molar-refractivity contribution >= 4 is 0 Å². The Morgan fingerprint density at radius 3 is 2.23 bits per heavy atom. The summed E-state index contributed by atoms with van der Waals surface area (Å²) in [7, 11) is 1.70. The Kier molecular flexibility index (Phi) is 12.7. The van der Waals surface area contributed by atoms with Gasteiger partial charge in [0, 0.05) is 7.05 Å². The highest BCUT2D eigenvalue weighted by Crippen LogP contribution is 2.32. The van der Waals surface area contributed by atoms with E-state index in [1.165, 1.54) is 30.4 Å². The van der Waals surface area contributed by atoms with Gasteiger partial charge in [0.25, 0.3) is 0 Å². The van der Waals surface area contributed by atoms with E-state index >= 15 is 0 Å². The number of aryl methyl sites for hydroxylation is 1. The predicted octanol–water partition coefficient (Wildman–Crippen LogP) is 7.63. The molecule has 148 valence electrons. The van der Waals surface area contributed by atoms with Gasteiger partial charge in [0.2, 0.25) is 0 Å². The Labute approximate surface area is 162 Å². The van der Waals surface area contributed by atoms with E-state index < -0.39 is 0 Å². The highest BCUT2D eigenvalue weighted by Gasteiger charge is 2.19. The maximum Gasteiger partial charge on any atom is 0.123 e. The molecule has 0 fully saturated rings. The number of allylic oxidation sites excluding steroid dienone is 2. The van der Waals surface area contributed by atoms with Crippen molar-refractivity contribution in [2.24, 2.45) is 10.2 Å². The van der Waals surface area contributed by atoms with Gasteiger partial charge in [0.05, 0.1) is 12.3 Å². The second-order valence-electron chi connectivity index (χ2n) is 7.64. The van der Waals surface area contributed by atoms with Crippen molar-refractivity contribution < 1.29 is 4.74 Å². The molecule has 0 atom stereocenters. The minimum Gasteiger partial charge on any atom is -0.493 e. The number of unbranched alkanes of at least 4 members (excludes halogenated alkanes) is 2. The molecule has 1 aromatic carbocycles. The molecular formula is C23H40N2O. The first-order valence-electron chi connectivity index (χ1n) is 9.99. The van der Waals surface area contributed by atoms with Gasteiger partial charge >= 0.3 is 0 Å². The lowest BCUT2D eigenvalue weighted by molar-refractivity contribution is 0.302. The van der Waals surface area contributed by atoms with Gasteiger partial charge in [-0.05, 0) is 43.7 Å². The molecular weight excluding hydrogens is 320 g/mol. The SMILES string of the molecule is C/C=C(/CCCOc1ccc(C)cc1C(C)(C)C)N=NC.CCCCC. The highest BCUT2D eigenvalue weighted by atomic mass is 16.5.